The Morgan fingerprint density at radius 1 is 1.27 bits per heavy atom. The van der Waals surface area contributed by atoms with Crippen molar-refractivity contribution in [1.82, 2.24) is 0 Å². The van der Waals surface area contributed by atoms with Gasteiger partial charge in [-0.2, -0.15) is 0 Å². The van der Waals surface area contributed by atoms with Crippen LogP contribution in [0.15, 0.2) is 23.8 Å². The summed E-state index contributed by atoms with van der Waals surface area (Å²) in [5.41, 5.74) is -0.00831. The van der Waals surface area contributed by atoms with Gasteiger partial charge in [0, 0.05) is 16.7 Å². The van der Waals surface area contributed by atoms with E-state index < -0.39 is 11.7 Å². The second kappa shape index (κ2) is 4.96. The number of ketones is 2. The Morgan fingerprint density at radius 3 is 2.69 bits per heavy atom. The maximum absolute atomic E-state index is 12.5. The number of allylic oxidation sites excluding steroid dienone is 4. The number of carbonyl (C=O) groups excluding carboxylic acids is 2. The lowest BCUT2D eigenvalue weighted by molar-refractivity contribution is -0.225. The molecule has 3 saturated carbocycles. The largest absolute Gasteiger partial charge is 0.393 e. The first kappa shape index (κ1) is 16.9. The fraction of sp³-hybridized carbons (Fsp3) is 0.727. The van der Waals surface area contributed by atoms with Gasteiger partial charge in [-0.3, -0.25) is 9.59 Å². The first-order chi connectivity index (χ1) is 12.2. The molecule has 5 rings (SSSR count). The van der Waals surface area contributed by atoms with Crippen LogP contribution in [0.5, 0.6) is 0 Å². The first-order valence-corrected chi connectivity index (χ1v) is 10.0. The molecular weight excluding hydrogens is 328 g/mol. The summed E-state index contributed by atoms with van der Waals surface area (Å²) in [7, 11) is 0. The van der Waals surface area contributed by atoms with Gasteiger partial charge in [-0.25, -0.2) is 0 Å². The minimum Gasteiger partial charge on any atom is -0.393 e. The van der Waals surface area contributed by atoms with Crippen LogP contribution in [0.25, 0.3) is 0 Å². The zero-order valence-corrected chi connectivity index (χ0v) is 15.8. The van der Waals surface area contributed by atoms with Gasteiger partial charge in [-0.1, -0.05) is 32.4 Å². The summed E-state index contributed by atoms with van der Waals surface area (Å²) in [5, 5.41) is 11.3. The Balaban J connectivity index is 1.59. The highest BCUT2D eigenvalue weighted by Crippen LogP contribution is 2.69. The second-order valence-corrected chi connectivity index (χ2v) is 9.82. The van der Waals surface area contributed by atoms with E-state index in [4.69, 9.17) is 4.74 Å². The van der Waals surface area contributed by atoms with Crippen LogP contribution in [0.3, 0.4) is 0 Å². The van der Waals surface area contributed by atoms with Gasteiger partial charge >= 0.3 is 0 Å². The molecule has 0 aromatic rings. The van der Waals surface area contributed by atoms with Crippen molar-refractivity contribution in [2.75, 3.05) is 6.61 Å². The minimum atomic E-state index is -0.651. The van der Waals surface area contributed by atoms with Crippen molar-refractivity contribution in [1.29, 1.82) is 0 Å². The van der Waals surface area contributed by atoms with Crippen LogP contribution in [0.1, 0.15) is 46.5 Å². The molecule has 0 bridgehead atoms. The molecule has 1 N–H and O–H groups in total. The number of ether oxygens (including phenoxy) is 1. The third kappa shape index (κ3) is 1.73. The zero-order chi connectivity index (χ0) is 18.5. The van der Waals surface area contributed by atoms with Gasteiger partial charge < -0.3 is 9.84 Å². The fourth-order valence-corrected chi connectivity index (χ4v) is 7.74. The van der Waals surface area contributed by atoms with Gasteiger partial charge in [0.15, 0.2) is 11.6 Å². The maximum Gasteiger partial charge on any atom is 0.190 e. The molecule has 1 saturated heterocycles. The van der Waals surface area contributed by atoms with Crippen molar-refractivity contribution in [2.24, 2.45) is 34.5 Å². The van der Waals surface area contributed by atoms with Crippen molar-refractivity contribution >= 4 is 11.6 Å². The molecule has 1 heterocycles. The lowest BCUT2D eigenvalue weighted by Gasteiger charge is -2.62. The summed E-state index contributed by atoms with van der Waals surface area (Å²) in [6.07, 6.45) is 8.43. The summed E-state index contributed by atoms with van der Waals surface area (Å²) >= 11 is 0. The van der Waals surface area contributed by atoms with Gasteiger partial charge in [0.25, 0.3) is 0 Å². The molecule has 1 aliphatic heterocycles. The van der Waals surface area contributed by atoms with E-state index in [1.165, 1.54) is 5.57 Å². The molecule has 4 nitrogen and oxygen atoms in total. The Labute approximate surface area is 154 Å². The molecule has 0 unspecified atom stereocenters. The summed E-state index contributed by atoms with van der Waals surface area (Å²) in [5.74, 6) is 1.47. The van der Waals surface area contributed by atoms with Gasteiger partial charge in [-0.15, -0.1) is 0 Å². The Morgan fingerprint density at radius 2 is 2.04 bits per heavy atom. The molecule has 8 atom stereocenters. The van der Waals surface area contributed by atoms with Crippen molar-refractivity contribution in [3.05, 3.63) is 23.8 Å². The average Bonchev–Trinajstić information content (AvgIpc) is 2.89. The first-order valence-electron chi connectivity index (χ1n) is 10.0. The zero-order valence-electron chi connectivity index (χ0n) is 15.8. The average molecular weight is 356 g/mol. The van der Waals surface area contributed by atoms with Gasteiger partial charge in [-0.05, 0) is 55.6 Å². The number of aliphatic hydroxyl groups excluding tert-OH is 1. The molecule has 5 aliphatic rings. The molecule has 4 fully saturated rings. The summed E-state index contributed by atoms with van der Waals surface area (Å²) < 4.78 is 5.93. The third-order valence-corrected chi connectivity index (χ3v) is 8.84. The summed E-state index contributed by atoms with van der Waals surface area (Å²) in [6, 6.07) is 0. The molecule has 4 aliphatic carbocycles. The normalized spacial score (nSPS) is 55.1. The number of fused-ring (bicyclic) bond motifs is 6. The highest BCUT2D eigenvalue weighted by Gasteiger charge is 2.72. The van der Waals surface area contributed by atoms with E-state index in [1.807, 2.05) is 6.08 Å². The number of hydrogen-bond acceptors (Lipinski definition) is 4. The van der Waals surface area contributed by atoms with Crippen LogP contribution in [0.4, 0.5) is 0 Å². The Bertz CT molecular complexity index is 766. The van der Waals surface area contributed by atoms with Crippen LogP contribution < -0.4 is 0 Å². The van der Waals surface area contributed by atoms with Gasteiger partial charge in [0.2, 0.25) is 0 Å². The minimum absolute atomic E-state index is 0.0613. The Hall–Kier alpha value is -1.26. The van der Waals surface area contributed by atoms with Gasteiger partial charge in [0.05, 0.1) is 6.10 Å². The monoisotopic (exact) mass is 356 g/mol. The highest BCUT2D eigenvalue weighted by atomic mass is 16.5. The fourth-order valence-electron chi connectivity index (χ4n) is 7.74. The van der Waals surface area contributed by atoms with Gasteiger partial charge in [0.1, 0.15) is 12.2 Å². The molecule has 26 heavy (non-hydrogen) atoms. The predicted octanol–water partition coefficient (Wildman–Crippen LogP) is 2.85. The molecule has 140 valence electrons. The number of hydrogen-bond donors (Lipinski definition) is 1. The number of aliphatic hydroxyl groups is 1. The van der Waals surface area contributed by atoms with E-state index in [0.29, 0.717) is 24.2 Å². The molecule has 0 aromatic heterocycles. The molecule has 0 aromatic carbocycles. The van der Waals surface area contributed by atoms with Crippen LogP contribution in [0, 0.1) is 34.5 Å². The second-order valence-electron chi connectivity index (χ2n) is 9.82. The number of carbonyl (C=O) groups is 2. The quantitative estimate of drug-likeness (QED) is 0.725. The van der Waals surface area contributed by atoms with E-state index in [1.54, 1.807) is 12.2 Å². The van der Waals surface area contributed by atoms with E-state index in [-0.39, 0.29) is 34.9 Å². The molecule has 0 radical (unpaired) electrons. The van der Waals surface area contributed by atoms with E-state index in [9.17, 15) is 14.7 Å². The third-order valence-electron chi connectivity index (χ3n) is 8.84. The maximum atomic E-state index is 12.5. The lowest BCUT2D eigenvalue weighted by Crippen LogP contribution is -2.67. The molecule has 1 spiro atoms. The predicted molar refractivity (Wildman–Crippen MR) is 96.2 cm³/mol. The summed E-state index contributed by atoms with van der Waals surface area (Å²) in [6.45, 7) is 6.82. The topological polar surface area (TPSA) is 63.6 Å². The summed E-state index contributed by atoms with van der Waals surface area (Å²) in [4.78, 5) is 24.5. The highest BCUT2D eigenvalue weighted by molar-refractivity contribution is 6.01. The van der Waals surface area contributed by atoms with Crippen molar-refractivity contribution < 1.29 is 19.4 Å². The SMILES string of the molecule is C[C@H]1C[C@@H]2[C@H]([C@@H](O)C[C@@]3(C)[C@H]2CC[C@@]32OCC2=O)[C@@]2(C)C=CC(=O)C=C12. The standard InChI is InChI=1S/C22H28O4/c1-12-8-14-15-5-7-22(18(25)11-26-22)21(15,3)10-17(24)19(14)20(2)6-4-13(23)9-16(12)20/h4,6,9,12,14-15,17,19,24H,5,7-8,10-11H2,1-3H3/t12-,14-,15-,17-,19+,20-,21-,22-/m0/s1. The number of Topliss-reactive ketones (excluding diaryl/α,β-unsaturated/α-hetero) is 1. The van der Waals surface area contributed by atoms with Crippen LogP contribution in [-0.4, -0.2) is 35.0 Å². The lowest BCUT2D eigenvalue weighted by atomic mass is 9.44. The van der Waals surface area contributed by atoms with Crippen molar-refractivity contribution in [2.45, 2.75) is 58.2 Å². The van der Waals surface area contributed by atoms with E-state index >= 15 is 0 Å². The van der Waals surface area contributed by atoms with Crippen LogP contribution >= 0.6 is 0 Å². The smallest absolute Gasteiger partial charge is 0.190 e. The molecule has 0 amide bonds. The van der Waals surface area contributed by atoms with E-state index in [0.717, 1.165) is 19.3 Å². The van der Waals surface area contributed by atoms with Crippen LogP contribution in [-0.2, 0) is 14.3 Å². The van der Waals surface area contributed by atoms with Crippen molar-refractivity contribution in [3.8, 4) is 0 Å². The molecule has 4 heteroatoms. The Kier molecular flexibility index (Phi) is 3.22. The van der Waals surface area contributed by atoms with E-state index in [2.05, 4.69) is 20.8 Å². The number of rotatable bonds is 0. The van der Waals surface area contributed by atoms with Crippen molar-refractivity contribution in [3.63, 3.8) is 0 Å². The molecular formula is C22H28O4. The van der Waals surface area contributed by atoms with Crippen LogP contribution in [0.2, 0.25) is 0 Å².